The maximum Gasteiger partial charge on any atom is 0.270 e. The van der Waals surface area contributed by atoms with Gasteiger partial charge in [0.1, 0.15) is 10.7 Å². The van der Waals surface area contributed by atoms with E-state index in [4.69, 9.17) is 10.8 Å². The van der Waals surface area contributed by atoms with Gasteiger partial charge in [0.25, 0.3) is 5.91 Å². The average molecular weight is 215 g/mol. The van der Waals surface area contributed by atoms with Gasteiger partial charge in [0.05, 0.1) is 0 Å². The van der Waals surface area contributed by atoms with Crippen LogP contribution in [0, 0.1) is 0 Å². The highest BCUT2D eigenvalue weighted by atomic mass is 32.1. The van der Waals surface area contributed by atoms with Crippen LogP contribution in [0.2, 0.25) is 0 Å². The molecule has 0 aromatic carbocycles. The zero-order chi connectivity index (χ0) is 10.4. The van der Waals surface area contributed by atoms with Crippen LogP contribution in [-0.2, 0) is 6.54 Å². The van der Waals surface area contributed by atoms with Gasteiger partial charge in [-0.1, -0.05) is 0 Å². The van der Waals surface area contributed by atoms with Crippen LogP contribution < -0.4 is 11.1 Å². The normalized spacial score (nSPS) is 10.1. The van der Waals surface area contributed by atoms with Gasteiger partial charge < -0.3 is 16.2 Å². The molecule has 0 atom stereocenters. The summed E-state index contributed by atoms with van der Waals surface area (Å²) in [5.74, 6) is -0.214. The smallest absolute Gasteiger partial charge is 0.270 e. The van der Waals surface area contributed by atoms with Gasteiger partial charge in [0, 0.05) is 25.1 Å². The summed E-state index contributed by atoms with van der Waals surface area (Å²) in [6.45, 7) is 0.894. The van der Waals surface area contributed by atoms with E-state index in [9.17, 15) is 4.79 Å². The topological polar surface area (TPSA) is 88.2 Å². The number of carbonyl (C=O) groups is 1. The molecule has 0 aliphatic rings. The minimum Gasteiger partial charge on any atom is -0.396 e. The highest BCUT2D eigenvalue weighted by Gasteiger charge is 2.08. The molecule has 5 nitrogen and oxygen atoms in total. The van der Waals surface area contributed by atoms with Gasteiger partial charge in [-0.2, -0.15) is 0 Å². The monoisotopic (exact) mass is 215 g/mol. The lowest BCUT2D eigenvalue weighted by molar-refractivity contribution is 0.0946. The van der Waals surface area contributed by atoms with E-state index in [0.29, 0.717) is 25.2 Å². The summed E-state index contributed by atoms with van der Waals surface area (Å²) < 4.78 is 0. The fraction of sp³-hybridized carbons (Fsp3) is 0.500. The van der Waals surface area contributed by atoms with Crippen molar-refractivity contribution >= 4 is 17.2 Å². The number of hydrogen-bond acceptors (Lipinski definition) is 5. The number of rotatable bonds is 5. The second-order valence-corrected chi connectivity index (χ2v) is 3.61. The van der Waals surface area contributed by atoms with E-state index in [-0.39, 0.29) is 12.5 Å². The minimum absolute atomic E-state index is 0.0748. The summed E-state index contributed by atoms with van der Waals surface area (Å²) in [6, 6.07) is 0. The SMILES string of the molecule is NCc1nc(C(=O)NCCCO)cs1. The van der Waals surface area contributed by atoms with Crippen LogP contribution in [0.1, 0.15) is 21.9 Å². The highest BCUT2D eigenvalue weighted by Crippen LogP contribution is 2.08. The zero-order valence-corrected chi connectivity index (χ0v) is 8.51. The first-order valence-corrected chi connectivity index (χ1v) is 5.19. The lowest BCUT2D eigenvalue weighted by Gasteiger charge is -1.99. The number of aromatic nitrogens is 1. The van der Waals surface area contributed by atoms with E-state index in [1.54, 1.807) is 5.38 Å². The molecule has 0 unspecified atom stereocenters. The number of hydrogen-bond donors (Lipinski definition) is 3. The number of aliphatic hydroxyl groups excluding tert-OH is 1. The molecule has 1 aromatic heterocycles. The van der Waals surface area contributed by atoms with Gasteiger partial charge in [0.15, 0.2) is 0 Å². The average Bonchev–Trinajstić information content (AvgIpc) is 2.66. The van der Waals surface area contributed by atoms with Crippen molar-refractivity contribution in [3.8, 4) is 0 Å². The molecule has 1 rings (SSSR count). The summed E-state index contributed by atoms with van der Waals surface area (Å²) in [7, 11) is 0. The van der Waals surface area contributed by atoms with Crippen molar-refractivity contribution in [3.05, 3.63) is 16.1 Å². The van der Waals surface area contributed by atoms with Crippen LogP contribution >= 0.6 is 11.3 Å². The first kappa shape index (κ1) is 11.1. The molecule has 4 N–H and O–H groups in total. The lowest BCUT2D eigenvalue weighted by atomic mass is 10.4. The van der Waals surface area contributed by atoms with Crippen molar-refractivity contribution in [3.63, 3.8) is 0 Å². The quantitative estimate of drug-likeness (QED) is 0.589. The second kappa shape index (κ2) is 5.69. The number of nitrogens with two attached hydrogens (primary N) is 1. The molecule has 0 fully saturated rings. The number of carbonyl (C=O) groups excluding carboxylic acids is 1. The van der Waals surface area contributed by atoms with E-state index >= 15 is 0 Å². The molecule has 78 valence electrons. The molecule has 0 bridgehead atoms. The number of aliphatic hydroxyl groups is 1. The molecular formula is C8H13N3O2S. The predicted octanol–water partition coefficient (Wildman–Crippen LogP) is -0.286. The van der Waals surface area contributed by atoms with Gasteiger partial charge in [0.2, 0.25) is 0 Å². The Morgan fingerprint density at radius 1 is 1.71 bits per heavy atom. The number of nitrogens with zero attached hydrogens (tertiary/aromatic N) is 1. The molecule has 1 aromatic rings. The molecule has 0 saturated heterocycles. The van der Waals surface area contributed by atoms with Gasteiger partial charge in [-0.15, -0.1) is 11.3 Å². The Hall–Kier alpha value is -0.980. The Kier molecular flexibility index (Phi) is 4.51. The van der Waals surface area contributed by atoms with Gasteiger partial charge in [-0.25, -0.2) is 4.98 Å². The Bertz CT molecular complexity index is 301. The van der Waals surface area contributed by atoms with Crippen LogP contribution in [0.4, 0.5) is 0 Å². The third kappa shape index (κ3) is 3.06. The van der Waals surface area contributed by atoms with Crippen LogP contribution in [-0.4, -0.2) is 29.1 Å². The van der Waals surface area contributed by atoms with Crippen molar-refractivity contribution in [2.45, 2.75) is 13.0 Å². The molecule has 0 spiro atoms. The van der Waals surface area contributed by atoms with E-state index in [1.165, 1.54) is 11.3 Å². The van der Waals surface area contributed by atoms with Crippen molar-refractivity contribution in [1.29, 1.82) is 0 Å². The fourth-order valence-electron chi connectivity index (χ4n) is 0.880. The summed E-state index contributed by atoms with van der Waals surface area (Å²) in [6.07, 6.45) is 0.555. The maximum atomic E-state index is 11.4. The third-order valence-electron chi connectivity index (χ3n) is 1.58. The zero-order valence-electron chi connectivity index (χ0n) is 7.69. The number of thiazole rings is 1. The predicted molar refractivity (Wildman–Crippen MR) is 54.0 cm³/mol. The van der Waals surface area contributed by atoms with E-state index in [1.807, 2.05) is 0 Å². The summed E-state index contributed by atoms with van der Waals surface area (Å²) >= 11 is 1.37. The van der Waals surface area contributed by atoms with E-state index < -0.39 is 0 Å². The Labute approximate surface area is 86.0 Å². The third-order valence-corrected chi connectivity index (χ3v) is 2.45. The van der Waals surface area contributed by atoms with Crippen molar-refractivity contribution in [2.75, 3.05) is 13.2 Å². The van der Waals surface area contributed by atoms with Crippen molar-refractivity contribution < 1.29 is 9.90 Å². The molecule has 1 amide bonds. The molecule has 6 heteroatoms. The minimum atomic E-state index is -0.214. The van der Waals surface area contributed by atoms with Gasteiger partial charge in [-0.3, -0.25) is 4.79 Å². The maximum absolute atomic E-state index is 11.4. The largest absolute Gasteiger partial charge is 0.396 e. The first-order valence-electron chi connectivity index (χ1n) is 4.31. The highest BCUT2D eigenvalue weighted by molar-refractivity contribution is 7.09. The van der Waals surface area contributed by atoms with Gasteiger partial charge >= 0.3 is 0 Å². The Morgan fingerprint density at radius 2 is 2.50 bits per heavy atom. The van der Waals surface area contributed by atoms with E-state index in [2.05, 4.69) is 10.3 Å². The first-order chi connectivity index (χ1) is 6.77. The molecule has 1 heterocycles. The number of nitrogens with one attached hydrogen (secondary N) is 1. The summed E-state index contributed by atoms with van der Waals surface area (Å²) in [4.78, 5) is 15.4. The van der Waals surface area contributed by atoms with Crippen LogP contribution in [0.3, 0.4) is 0 Å². The molecule has 0 aliphatic carbocycles. The Morgan fingerprint density at radius 3 is 3.07 bits per heavy atom. The van der Waals surface area contributed by atoms with Crippen LogP contribution in [0.25, 0.3) is 0 Å². The van der Waals surface area contributed by atoms with Crippen LogP contribution in [0.15, 0.2) is 5.38 Å². The lowest BCUT2D eigenvalue weighted by Crippen LogP contribution is -2.25. The van der Waals surface area contributed by atoms with E-state index in [0.717, 1.165) is 5.01 Å². The molecule has 0 radical (unpaired) electrons. The van der Waals surface area contributed by atoms with Crippen molar-refractivity contribution in [1.82, 2.24) is 10.3 Å². The van der Waals surface area contributed by atoms with Crippen molar-refractivity contribution in [2.24, 2.45) is 5.73 Å². The summed E-state index contributed by atoms with van der Waals surface area (Å²) in [5.41, 5.74) is 5.76. The summed E-state index contributed by atoms with van der Waals surface area (Å²) in [5, 5.41) is 13.6. The number of amides is 1. The molecule has 0 aliphatic heterocycles. The fourth-order valence-corrected chi connectivity index (χ4v) is 1.54. The molecular weight excluding hydrogens is 202 g/mol. The van der Waals surface area contributed by atoms with Gasteiger partial charge in [-0.05, 0) is 6.42 Å². The van der Waals surface area contributed by atoms with Crippen LogP contribution in [0.5, 0.6) is 0 Å². The molecule has 14 heavy (non-hydrogen) atoms. The molecule has 0 saturated carbocycles. The Balaban J connectivity index is 2.44. The standard InChI is InChI=1S/C8H13N3O2S/c9-4-7-11-6(5-14-7)8(13)10-2-1-3-12/h5,12H,1-4,9H2,(H,10,13). The second-order valence-electron chi connectivity index (χ2n) is 2.66.